The highest BCUT2D eigenvalue weighted by atomic mass is 16.3. The Bertz CT molecular complexity index is 282. The molecule has 15 heavy (non-hydrogen) atoms. The minimum absolute atomic E-state index is 0.112. The van der Waals surface area contributed by atoms with Crippen molar-refractivity contribution in [1.82, 2.24) is 4.98 Å². The highest BCUT2D eigenvalue weighted by molar-refractivity contribution is 5.09. The summed E-state index contributed by atoms with van der Waals surface area (Å²) in [6.45, 7) is 0. The van der Waals surface area contributed by atoms with Crippen LogP contribution in [0.3, 0.4) is 0 Å². The van der Waals surface area contributed by atoms with Crippen molar-refractivity contribution in [3.63, 3.8) is 0 Å². The molecule has 1 aromatic heterocycles. The van der Waals surface area contributed by atoms with Crippen LogP contribution in [0.1, 0.15) is 37.7 Å². The second kappa shape index (κ2) is 5.26. The van der Waals surface area contributed by atoms with Crippen LogP contribution in [-0.2, 0) is 6.42 Å². The number of hydrogen-bond acceptors (Lipinski definition) is 2. The van der Waals surface area contributed by atoms with Crippen LogP contribution in [0.2, 0.25) is 0 Å². The molecular formula is C13H19NO. The van der Waals surface area contributed by atoms with Gasteiger partial charge < -0.3 is 5.11 Å². The summed E-state index contributed by atoms with van der Waals surface area (Å²) in [5.74, 6) is 0.931. The van der Waals surface area contributed by atoms with Crippen molar-refractivity contribution in [2.45, 2.75) is 44.6 Å². The van der Waals surface area contributed by atoms with Crippen LogP contribution in [0.15, 0.2) is 24.5 Å². The molecule has 1 atom stereocenters. The van der Waals surface area contributed by atoms with Gasteiger partial charge in [0.2, 0.25) is 0 Å². The zero-order valence-corrected chi connectivity index (χ0v) is 9.10. The average molecular weight is 205 g/mol. The molecule has 0 aromatic carbocycles. The first kappa shape index (κ1) is 10.6. The van der Waals surface area contributed by atoms with Crippen molar-refractivity contribution >= 4 is 0 Å². The normalized spacial score (nSPS) is 17.7. The largest absolute Gasteiger partial charge is 0.393 e. The summed E-state index contributed by atoms with van der Waals surface area (Å²) in [6.07, 6.45) is 10.3. The monoisotopic (exact) mass is 205 g/mol. The van der Waals surface area contributed by atoms with Gasteiger partial charge in [0.1, 0.15) is 0 Å². The average Bonchev–Trinajstić information content (AvgIpc) is 3.09. The van der Waals surface area contributed by atoms with Crippen molar-refractivity contribution in [2.24, 2.45) is 5.92 Å². The van der Waals surface area contributed by atoms with Gasteiger partial charge in [0.15, 0.2) is 0 Å². The van der Waals surface area contributed by atoms with Gasteiger partial charge in [-0.1, -0.05) is 12.8 Å². The molecule has 1 N–H and O–H groups in total. The van der Waals surface area contributed by atoms with E-state index >= 15 is 0 Å². The molecule has 2 nitrogen and oxygen atoms in total. The van der Waals surface area contributed by atoms with Crippen LogP contribution in [0.4, 0.5) is 0 Å². The molecule has 0 radical (unpaired) electrons. The number of aromatic nitrogens is 1. The third-order valence-corrected chi connectivity index (χ3v) is 3.12. The maximum Gasteiger partial charge on any atom is 0.0543 e. The summed E-state index contributed by atoms with van der Waals surface area (Å²) in [5.41, 5.74) is 1.27. The molecule has 2 heteroatoms. The second-order valence-electron chi connectivity index (χ2n) is 4.57. The van der Waals surface area contributed by atoms with Crippen LogP contribution in [-0.4, -0.2) is 16.2 Å². The summed E-state index contributed by atoms with van der Waals surface area (Å²) in [5, 5.41) is 9.77. The number of aryl methyl sites for hydroxylation is 1. The molecule has 1 aromatic rings. The van der Waals surface area contributed by atoms with E-state index in [1.54, 1.807) is 0 Å². The Morgan fingerprint density at radius 2 is 2.00 bits per heavy atom. The Balaban J connectivity index is 1.63. The summed E-state index contributed by atoms with van der Waals surface area (Å²) >= 11 is 0. The van der Waals surface area contributed by atoms with Gasteiger partial charge in [0, 0.05) is 12.4 Å². The third-order valence-electron chi connectivity index (χ3n) is 3.12. The van der Waals surface area contributed by atoms with Gasteiger partial charge in [-0.25, -0.2) is 0 Å². The topological polar surface area (TPSA) is 33.1 Å². The minimum atomic E-state index is -0.112. The van der Waals surface area contributed by atoms with Gasteiger partial charge in [-0.15, -0.1) is 0 Å². The van der Waals surface area contributed by atoms with E-state index in [-0.39, 0.29) is 6.10 Å². The summed E-state index contributed by atoms with van der Waals surface area (Å²) in [7, 11) is 0. The van der Waals surface area contributed by atoms with Crippen LogP contribution in [0, 0.1) is 5.92 Å². The lowest BCUT2D eigenvalue weighted by atomic mass is 10.0. The molecule has 0 amide bonds. The van der Waals surface area contributed by atoms with Gasteiger partial charge in [0.25, 0.3) is 0 Å². The first-order valence-corrected chi connectivity index (χ1v) is 5.91. The second-order valence-corrected chi connectivity index (χ2v) is 4.57. The number of aliphatic hydroxyl groups excluding tert-OH is 1. The van der Waals surface area contributed by atoms with Crippen molar-refractivity contribution in [1.29, 1.82) is 0 Å². The fraction of sp³-hybridized carbons (Fsp3) is 0.615. The SMILES string of the molecule is OC(CCc1ccncc1)CCC1CC1. The van der Waals surface area contributed by atoms with Crippen LogP contribution in [0.25, 0.3) is 0 Å². The van der Waals surface area contributed by atoms with Crippen LogP contribution < -0.4 is 0 Å². The number of nitrogens with zero attached hydrogens (tertiary/aromatic N) is 1. The van der Waals surface area contributed by atoms with Gasteiger partial charge in [-0.3, -0.25) is 4.98 Å². The number of pyridine rings is 1. The van der Waals surface area contributed by atoms with E-state index in [4.69, 9.17) is 0 Å². The molecule has 1 fully saturated rings. The molecule has 1 heterocycles. The highest BCUT2D eigenvalue weighted by Crippen LogP contribution is 2.34. The number of aliphatic hydroxyl groups is 1. The molecule has 1 aliphatic carbocycles. The molecule has 1 unspecified atom stereocenters. The Labute approximate surface area is 91.4 Å². The molecule has 0 saturated heterocycles. The van der Waals surface area contributed by atoms with Crippen molar-refractivity contribution in [2.75, 3.05) is 0 Å². The van der Waals surface area contributed by atoms with Gasteiger partial charge >= 0.3 is 0 Å². The highest BCUT2D eigenvalue weighted by Gasteiger charge is 2.21. The maximum absolute atomic E-state index is 9.77. The summed E-state index contributed by atoms with van der Waals surface area (Å²) in [4.78, 5) is 3.98. The van der Waals surface area contributed by atoms with Crippen molar-refractivity contribution < 1.29 is 5.11 Å². The molecule has 0 aliphatic heterocycles. The van der Waals surface area contributed by atoms with E-state index in [1.165, 1.54) is 24.8 Å². The lowest BCUT2D eigenvalue weighted by Crippen LogP contribution is -2.08. The van der Waals surface area contributed by atoms with E-state index in [2.05, 4.69) is 4.98 Å². The van der Waals surface area contributed by atoms with Gasteiger partial charge in [-0.05, 0) is 49.3 Å². The van der Waals surface area contributed by atoms with E-state index < -0.39 is 0 Å². The van der Waals surface area contributed by atoms with E-state index in [9.17, 15) is 5.11 Å². The predicted octanol–water partition coefficient (Wildman–Crippen LogP) is 2.57. The Kier molecular flexibility index (Phi) is 3.73. The van der Waals surface area contributed by atoms with Crippen molar-refractivity contribution in [3.8, 4) is 0 Å². The summed E-state index contributed by atoms with van der Waals surface area (Å²) < 4.78 is 0. The van der Waals surface area contributed by atoms with Gasteiger partial charge in [0.05, 0.1) is 6.10 Å². The fourth-order valence-electron chi connectivity index (χ4n) is 1.86. The van der Waals surface area contributed by atoms with Crippen LogP contribution in [0.5, 0.6) is 0 Å². The molecule has 1 aliphatic rings. The third kappa shape index (κ3) is 4.00. The molecule has 82 valence electrons. The zero-order chi connectivity index (χ0) is 10.5. The Morgan fingerprint density at radius 3 is 2.67 bits per heavy atom. The molecular weight excluding hydrogens is 186 g/mol. The summed E-state index contributed by atoms with van der Waals surface area (Å²) in [6, 6.07) is 4.04. The molecule has 1 saturated carbocycles. The lowest BCUT2D eigenvalue weighted by molar-refractivity contribution is 0.150. The standard InChI is InChI=1S/C13H19NO/c15-13(5-3-11-1-2-11)6-4-12-7-9-14-10-8-12/h7-11,13,15H,1-6H2. The molecule has 0 spiro atoms. The Hall–Kier alpha value is -0.890. The maximum atomic E-state index is 9.77. The fourth-order valence-corrected chi connectivity index (χ4v) is 1.86. The zero-order valence-electron chi connectivity index (χ0n) is 9.10. The number of rotatable bonds is 6. The quantitative estimate of drug-likeness (QED) is 0.774. The molecule has 2 rings (SSSR count). The number of hydrogen-bond donors (Lipinski definition) is 1. The smallest absolute Gasteiger partial charge is 0.0543 e. The predicted molar refractivity (Wildman–Crippen MR) is 60.5 cm³/mol. The Morgan fingerprint density at radius 1 is 1.27 bits per heavy atom. The molecule has 0 bridgehead atoms. The lowest BCUT2D eigenvalue weighted by Gasteiger charge is -2.09. The van der Waals surface area contributed by atoms with E-state index in [1.807, 2.05) is 24.5 Å². The minimum Gasteiger partial charge on any atom is -0.393 e. The van der Waals surface area contributed by atoms with Gasteiger partial charge in [-0.2, -0.15) is 0 Å². The van der Waals surface area contributed by atoms with E-state index in [0.29, 0.717) is 0 Å². The first-order chi connectivity index (χ1) is 7.34. The van der Waals surface area contributed by atoms with Crippen molar-refractivity contribution in [3.05, 3.63) is 30.1 Å². The first-order valence-electron chi connectivity index (χ1n) is 5.91. The van der Waals surface area contributed by atoms with Crippen LogP contribution >= 0.6 is 0 Å². The van der Waals surface area contributed by atoms with E-state index in [0.717, 1.165) is 25.2 Å².